The SMILES string of the molecule is CC(C)(C)NC1CCC(N/C(N)=N/C(=N)C(C)(C)C)CC1. The van der Waals surface area contributed by atoms with Crippen molar-refractivity contribution in [2.75, 3.05) is 0 Å². The first-order valence-electron chi connectivity index (χ1n) is 7.95. The van der Waals surface area contributed by atoms with Crippen LogP contribution in [0.5, 0.6) is 0 Å². The Morgan fingerprint density at radius 3 is 1.90 bits per heavy atom. The van der Waals surface area contributed by atoms with Crippen molar-refractivity contribution in [3.05, 3.63) is 0 Å². The summed E-state index contributed by atoms with van der Waals surface area (Å²) < 4.78 is 0. The molecule has 0 spiro atoms. The molecule has 0 aliphatic heterocycles. The van der Waals surface area contributed by atoms with Crippen LogP contribution in [0.1, 0.15) is 67.2 Å². The Morgan fingerprint density at radius 1 is 1.00 bits per heavy atom. The molecule has 5 heteroatoms. The van der Waals surface area contributed by atoms with Gasteiger partial charge in [0.2, 0.25) is 0 Å². The van der Waals surface area contributed by atoms with Gasteiger partial charge in [0.05, 0.1) is 0 Å². The fourth-order valence-corrected chi connectivity index (χ4v) is 2.52. The molecule has 1 saturated carbocycles. The van der Waals surface area contributed by atoms with E-state index in [4.69, 9.17) is 11.1 Å². The smallest absolute Gasteiger partial charge is 0.195 e. The number of aliphatic imine (C=N–C) groups is 1. The zero-order valence-electron chi connectivity index (χ0n) is 14.5. The molecule has 0 aromatic rings. The van der Waals surface area contributed by atoms with Gasteiger partial charge in [0.1, 0.15) is 5.84 Å². The zero-order chi connectivity index (χ0) is 16.3. The number of rotatable bonds is 2. The Kier molecular flexibility index (Phi) is 5.79. The molecule has 122 valence electrons. The van der Waals surface area contributed by atoms with E-state index in [2.05, 4.69) is 36.4 Å². The van der Waals surface area contributed by atoms with Crippen LogP contribution in [0.15, 0.2) is 4.99 Å². The number of hydrogen-bond donors (Lipinski definition) is 4. The second kappa shape index (κ2) is 6.77. The molecule has 0 atom stereocenters. The number of guanidine groups is 1. The Hall–Kier alpha value is -1.10. The maximum atomic E-state index is 7.90. The minimum Gasteiger partial charge on any atom is -0.370 e. The van der Waals surface area contributed by atoms with Gasteiger partial charge < -0.3 is 16.4 Å². The van der Waals surface area contributed by atoms with E-state index in [9.17, 15) is 0 Å². The number of amidine groups is 1. The van der Waals surface area contributed by atoms with E-state index in [-0.39, 0.29) is 11.0 Å². The first kappa shape index (κ1) is 18.0. The maximum Gasteiger partial charge on any atom is 0.195 e. The van der Waals surface area contributed by atoms with Crippen LogP contribution in [-0.4, -0.2) is 29.4 Å². The molecule has 0 unspecified atom stereocenters. The van der Waals surface area contributed by atoms with Crippen LogP contribution in [0.2, 0.25) is 0 Å². The fraction of sp³-hybridized carbons (Fsp3) is 0.875. The van der Waals surface area contributed by atoms with Crippen LogP contribution in [-0.2, 0) is 0 Å². The van der Waals surface area contributed by atoms with E-state index in [1.54, 1.807) is 0 Å². The molecule has 0 aromatic carbocycles. The predicted octanol–water partition coefficient (Wildman–Crippen LogP) is 2.61. The summed E-state index contributed by atoms with van der Waals surface area (Å²) in [5.74, 6) is 0.692. The lowest BCUT2D eigenvalue weighted by molar-refractivity contribution is 0.272. The molecule has 0 saturated heterocycles. The zero-order valence-corrected chi connectivity index (χ0v) is 14.5. The highest BCUT2D eigenvalue weighted by Crippen LogP contribution is 2.21. The van der Waals surface area contributed by atoms with Crippen LogP contribution in [0.4, 0.5) is 0 Å². The summed E-state index contributed by atoms with van der Waals surface area (Å²) in [6, 6.07) is 0.966. The van der Waals surface area contributed by atoms with Crippen LogP contribution >= 0.6 is 0 Å². The summed E-state index contributed by atoms with van der Waals surface area (Å²) in [7, 11) is 0. The fourth-order valence-electron chi connectivity index (χ4n) is 2.52. The van der Waals surface area contributed by atoms with Crippen molar-refractivity contribution in [2.24, 2.45) is 16.1 Å². The minimum atomic E-state index is -0.263. The van der Waals surface area contributed by atoms with E-state index in [1.165, 1.54) is 0 Å². The van der Waals surface area contributed by atoms with Gasteiger partial charge in [0.25, 0.3) is 0 Å². The summed E-state index contributed by atoms with van der Waals surface area (Å²) in [4.78, 5) is 4.17. The molecule has 1 fully saturated rings. The van der Waals surface area contributed by atoms with Gasteiger partial charge in [0.15, 0.2) is 5.96 Å². The molecule has 5 N–H and O–H groups in total. The van der Waals surface area contributed by atoms with E-state index in [0.29, 0.717) is 23.9 Å². The third-order valence-corrected chi connectivity index (χ3v) is 3.66. The molecular weight excluding hydrogens is 262 g/mol. The molecule has 1 aliphatic carbocycles. The first-order chi connectivity index (χ1) is 9.47. The van der Waals surface area contributed by atoms with Crippen LogP contribution in [0.3, 0.4) is 0 Å². The monoisotopic (exact) mass is 295 g/mol. The van der Waals surface area contributed by atoms with Gasteiger partial charge in [-0.1, -0.05) is 20.8 Å². The normalized spacial score (nSPS) is 24.8. The highest BCUT2D eigenvalue weighted by molar-refractivity contribution is 5.96. The Labute approximate surface area is 129 Å². The Morgan fingerprint density at radius 2 is 1.48 bits per heavy atom. The van der Waals surface area contributed by atoms with Gasteiger partial charge in [-0.3, -0.25) is 5.41 Å². The van der Waals surface area contributed by atoms with E-state index >= 15 is 0 Å². The second-order valence-corrected chi connectivity index (χ2v) is 8.18. The van der Waals surface area contributed by atoms with Crippen molar-refractivity contribution in [1.82, 2.24) is 10.6 Å². The molecule has 0 heterocycles. The number of nitrogens with two attached hydrogens (primary N) is 1. The van der Waals surface area contributed by atoms with Crippen molar-refractivity contribution in [1.29, 1.82) is 5.41 Å². The largest absolute Gasteiger partial charge is 0.370 e. The van der Waals surface area contributed by atoms with Gasteiger partial charge in [-0.15, -0.1) is 0 Å². The average Bonchev–Trinajstić information content (AvgIpc) is 2.28. The molecule has 0 aromatic heterocycles. The Bertz CT molecular complexity index is 378. The molecule has 5 nitrogen and oxygen atoms in total. The first-order valence-corrected chi connectivity index (χ1v) is 7.95. The average molecular weight is 295 g/mol. The van der Waals surface area contributed by atoms with Gasteiger partial charge in [-0.05, 0) is 46.5 Å². The van der Waals surface area contributed by atoms with Gasteiger partial charge >= 0.3 is 0 Å². The van der Waals surface area contributed by atoms with Crippen molar-refractivity contribution in [2.45, 2.75) is 84.8 Å². The Balaban J connectivity index is 2.42. The van der Waals surface area contributed by atoms with E-state index in [1.807, 2.05) is 20.8 Å². The quantitative estimate of drug-likeness (QED) is 0.466. The van der Waals surface area contributed by atoms with Gasteiger partial charge in [0, 0.05) is 23.0 Å². The maximum absolute atomic E-state index is 7.90. The summed E-state index contributed by atoms with van der Waals surface area (Å²) in [6.07, 6.45) is 4.48. The lowest BCUT2D eigenvalue weighted by Crippen LogP contribution is -2.49. The van der Waals surface area contributed by atoms with E-state index in [0.717, 1.165) is 25.7 Å². The lowest BCUT2D eigenvalue weighted by atomic mass is 9.89. The predicted molar refractivity (Wildman–Crippen MR) is 90.9 cm³/mol. The topological polar surface area (TPSA) is 86.3 Å². The third kappa shape index (κ3) is 6.93. The molecule has 0 amide bonds. The summed E-state index contributed by atoms with van der Waals surface area (Å²) in [5, 5.41) is 14.8. The van der Waals surface area contributed by atoms with Crippen molar-refractivity contribution in [3.63, 3.8) is 0 Å². The van der Waals surface area contributed by atoms with Crippen LogP contribution in [0, 0.1) is 10.8 Å². The number of nitrogens with zero attached hydrogens (tertiary/aromatic N) is 1. The molecular formula is C16H33N5. The molecule has 1 aliphatic rings. The summed E-state index contributed by atoms with van der Waals surface area (Å²) in [6.45, 7) is 12.5. The van der Waals surface area contributed by atoms with Crippen molar-refractivity contribution >= 4 is 11.8 Å². The van der Waals surface area contributed by atoms with Gasteiger partial charge in [-0.25, -0.2) is 4.99 Å². The third-order valence-electron chi connectivity index (χ3n) is 3.66. The summed E-state index contributed by atoms with van der Waals surface area (Å²) >= 11 is 0. The minimum absolute atomic E-state index is 0.174. The standard InChI is InChI=1S/C16H33N5/c1-15(2,3)13(17)20-14(18)19-11-7-9-12(10-8-11)21-16(4,5)6/h11-12,21H,7-10H2,1-6H3,(H4,17,18,19,20). The molecule has 0 bridgehead atoms. The highest BCUT2D eigenvalue weighted by atomic mass is 15.1. The van der Waals surface area contributed by atoms with E-state index < -0.39 is 0 Å². The van der Waals surface area contributed by atoms with Crippen LogP contribution in [0.25, 0.3) is 0 Å². The summed E-state index contributed by atoms with van der Waals surface area (Å²) in [5.41, 5.74) is 5.83. The highest BCUT2D eigenvalue weighted by Gasteiger charge is 2.24. The molecule has 0 radical (unpaired) electrons. The van der Waals surface area contributed by atoms with Gasteiger partial charge in [-0.2, -0.15) is 0 Å². The number of nitrogens with one attached hydrogen (secondary N) is 3. The molecule has 21 heavy (non-hydrogen) atoms. The van der Waals surface area contributed by atoms with Crippen molar-refractivity contribution in [3.8, 4) is 0 Å². The number of hydrogen-bond acceptors (Lipinski definition) is 2. The second-order valence-electron chi connectivity index (χ2n) is 8.18. The lowest BCUT2D eigenvalue weighted by Gasteiger charge is -2.34. The molecule has 1 rings (SSSR count). The van der Waals surface area contributed by atoms with Crippen LogP contribution < -0.4 is 16.4 Å². The van der Waals surface area contributed by atoms with Crippen molar-refractivity contribution < 1.29 is 0 Å².